The number of pyridine rings is 1. The lowest BCUT2D eigenvalue weighted by molar-refractivity contribution is 0.588. The van der Waals surface area contributed by atoms with Crippen molar-refractivity contribution in [2.75, 3.05) is 13.3 Å². The smallest absolute Gasteiger partial charge is 0.111 e. The normalized spacial score (nSPS) is 11.5. The standard InChI is InChI=1S/C8H12NOP/c1-7-4-8(6-9-5-7)11(2,3)10/h4-6H,1-3H3. The highest BCUT2D eigenvalue weighted by Gasteiger charge is 2.10. The predicted molar refractivity (Wildman–Crippen MR) is 48.1 cm³/mol. The molecule has 0 unspecified atom stereocenters. The summed E-state index contributed by atoms with van der Waals surface area (Å²) in [6.07, 6.45) is 3.44. The van der Waals surface area contributed by atoms with Crippen LogP contribution in [-0.4, -0.2) is 18.3 Å². The van der Waals surface area contributed by atoms with Crippen LogP contribution in [0.5, 0.6) is 0 Å². The molecule has 1 heterocycles. The largest absolute Gasteiger partial charge is 0.319 e. The third-order valence-electron chi connectivity index (χ3n) is 1.48. The molecule has 0 radical (unpaired) electrons. The van der Waals surface area contributed by atoms with Crippen LogP contribution in [0.4, 0.5) is 0 Å². The Kier molecular flexibility index (Phi) is 2.15. The molecule has 0 saturated carbocycles. The summed E-state index contributed by atoms with van der Waals surface area (Å²) in [6.45, 7) is 5.46. The summed E-state index contributed by atoms with van der Waals surface area (Å²) in [5.74, 6) is 0. The number of rotatable bonds is 1. The van der Waals surface area contributed by atoms with Gasteiger partial charge in [0.05, 0.1) is 0 Å². The van der Waals surface area contributed by atoms with E-state index in [-0.39, 0.29) is 0 Å². The Morgan fingerprint density at radius 2 is 2.00 bits per heavy atom. The van der Waals surface area contributed by atoms with Crippen LogP contribution < -0.4 is 5.30 Å². The van der Waals surface area contributed by atoms with Gasteiger partial charge in [0.2, 0.25) is 0 Å². The number of aryl methyl sites for hydroxylation is 1. The van der Waals surface area contributed by atoms with E-state index >= 15 is 0 Å². The number of aromatic nitrogens is 1. The molecule has 0 aliphatic carbocycles. The van der Waals surface area contributed by atoms with E-state index in [4.69, 9.17) is 0 Å². The minimum atomic E-state index is -2.11. The lowest BCUT2D eigenvalue weighted by Gasteiger charge is -2.05. The first-order valence-corrected chi connectivity index (χ1v) is 6.07. The van der Waals surface area contributed by atoms with E-state index in [1.54, 1.807) is 25.7 Å². The molecular formula is C8H12NOP. The lowest BCUT2D eigenvalue weighted by atomic mass is 10.3. The van der Waals surface area contributed by atoms with Gasteiger partial charge in [0.15, 0.2) is 0 Å². The van der Waals surface area contributed by atoms with Crippen molar-refractivity contribution >= 4 is 12.4 Å². The molecule has 0 N–H and O–H groups in total. The summed E-state index contributed by atoms with van der Waals surface area (Å²) >= 11 is 0. The van der Waals surface area contributed by atoms with E-state index < -0.39 is 7.14 Å². The first kappa shape index (κ1) is 8.48. The van der Waals surface area contributed by atoms with Crippen LogP contribution in [0.2, 0.25) is 0 Å². The molecule has 60 valence electrons. The summed E-state index contributed by atoms with van der Waals surface area (Å²) < 4.78 is 11.5. The molecular weight excluding hydrogens is 157 g/mol. The molecule has 0 spiro atoms. The third kappa shape index (κ3) is 2.16. The van der Waals surface area contributed by atoms with Crippen molar-refractivity contribution in [3.63, 3.8) is 0 Å². The minimum Gasteiger partial charge on any atom is -0.319 e. The van der Waals surface area contributed by atoms with Crippen molar-refractivity contribution in [3.05, 3.63) is 24.0 Å². The van der Waals surface area contributed by atoms with Gasteiger partial charge in [-0.05, 0) is 31.9 Å². The van der Waals surface area contributed by atoms with Gasteiger partial charge in [0, 0.05) is 17.7 Å². The van der Waals surface area contributed by atoms with E-state index in [0.29, 0.717) is 0 Å². The Balaban J connectivity index is 3.17. The minimum absolute atomic E-state index is 0.859. The van der Waals surface area contributed by atoms with Crippen LogP contribution in [0.3, 0.4) is 0 Å². The van der Waals surface area contributed by atoms with Gasteiger partial charge in [0.1, 0.15) is 7.14 Å². The quantitative estimate of drug-likeness (QED) is 0.598. The van der Waals surface area contributed by atoms with Crippen LogP contribution in [0.15, 0.2) is 18.5 Å². The molecule has 11 heavy (non-hydrogen) atoms. The van der Waals surface area contributed by atoms with Gasteiger partial charge >= 0.3 is 0 Å². The molecule has 1 aromatic heterocycles. The average Bonchev–Trinajstić information content (AvgIpc) is 1.86. The van der Waals surface area contributed by atoms with Crippen LogP contribution >= 0.6 is 7.14 Å². The molecule has 0 saturated heterocycles. The maximum absolute atomic E-state index is 11.5. The first-order chi connectivity index (χ1) is 5.00. The molecule has 0 aliphatic heterocycles. The Morgan fingerprint density at radius 3 is 2.36 bits per heavy atom. The molecule has 0 fully saturated rings. The Hall–Kier alpha value is -0.620. The molecule has 0 amide bonds. The Bertz CT molecular complexity index is 303. The lowest BCUT2D eigenvalue weighted by Crippen LogP contribution is -2.03. The van der Waals surface area contributed by atoms with Gasteiger partial charge in [-0.15, -0.1) is 0 Å². The zero-order valence-corrected chi connectivity index (χ0v) is 7.93. The highest BCUT2D eigenvalue weighted by molar-refractivity contribution is 7.70. The van der Waals surface area contributed by atoms with Crippen LogP contribution in [0, 0.1) is 6.92 Å². The van der Waals surface area contributed by atoms with Gasteiger partial charge in [-0.25, -0.2) is 0 Å². The second-order valence-corrected chi connectivity index (χ2v) is 6.29. The summed E-state index contributed by atoms with van der Waals surface area (Å²) in [5, 5.41) is 0.859. The van der Waals surface area contributed by atoms with Crippen LogP contribution in [-0.2, 0) is 4.57 Å². The van der Waals surface area contributed by atoms with E-state index in [9.17, 15) is 4.57 Å². The van der Waals surface area contributed by atoms with E-state index in [1.807, 2.05) is 13.0 Å². The Labute approximate surface area is 67.0 Å². The number of hydrogen-bond acceptors (Lipinski definition) is 2. The van der Waals surface area contributed by atoms with Crippen molar-refractivity contribution < 1.29 is 4.57 Å². The molecule has 2 nitrogen and oxygen atoms in total. The van der Waals surface area contributed by atoms with Gasteiger partial charge in [-0.1, -0.05) is 0 Å². The fourth-order valence-corrected chi connectivity index (χ4v) is 1.69. The summed E-state index contributed by atoms with van der Waals surface area (Å²) in [7, 11) is -2.11. The topological polar surface area (TPSA) is 30.0 Å². The molecule has 0 bridgehead atoms. The van der Waals surface area contributed by atoms with E-state index in [2.05, 4.69) is 4.98 Å². The second-order valence-electron chi connectivity index (χ2n) is 3.07. The maximum atomic E-state index is 11.5. The average molecular weight is 169 g/mol. The van der Waals surface area contributed by atoms with E-state index in [0.717, 1.165) is 10.9 Å². The van der Waals surface area contributed by atoms with Crippen LogP contribution in [0.1, 0.15) is 5.56 Å². The second kappa shape index (κ2) is 2.78. The summed E-state index contributed by atoms with van der Waals surface area (Å²) in [6, 6.07) is 1.92. The van der Waals surface area contributed by atoms with Crippen molar-refractivity contribution in [2.24, 2.45) is 0 Å². The maximum Gasteiger partial charge on any atom is 0.111 e. The monoisotopic (exact) mass is 169 g/mol. The number of nitrogens with zero attached hydrogens (tertiary/aromatic N) is 1. The van der Waals surface area contributed by atoms with Gasteiger partial charge < -0.3 is 4.57 Å². The fourth-order valence-electron chi connectivity index (χ4n) is 0.833. The molecule has 0 aliphatic rings. The zero-order valence-electron chi connectivity index (χ0n) is 7.03. The predicted octanol–water partition coefficient (Wildman–Crippen LogP) is 1.64. The molecule has 1 aromatic rings. The first-order valence-electron chi connectivity index (χ1n) is 3.47. The molecule has 3 heteroatoms. The van der Waals surface area contributed by atoms with Crippen LogP contribution in [0.25, 0.3) is 0 Å². The van der Waals surface area contributed by atoms with Gasteiger partial charge in [-0.2, -0.15) is 0 Å². The van der Waals surface area contributed by atoms with Crippen molar-refractivity contribution in [2.45, 2.75) is 6.92 Å². The molecule has 0 aromatic carbocycles. The third-order valence-corrected chi connectivity index (χ3v) is 2.97. The fraction of sp³-hybridized carbons (Fsp3) is 0.375. The highest BCUT2D eigenvalue weighted by Crippen LogP contribution is 2.33. The Morgan fingerprint density at radius 1 is 1.36 bits per heavy atom. The summed E-state index contributed by atoms with van der Waals surface area (Å²) in [5.41, 5.74) is 1.06. The summed E-state index contributed by atoms with van der Waals surface area (Å²) in [4.78, 5) is 3.98. The molecule has 1 rings (SSSR count). The highest BCUT2D eigenvalue weighted by atomic mass is 31.2. The number of hydrogen-bond donors (Lipinski definition) is 0. The van der Waals surface area contributed by atoms with Crippen molar-refractivity contribution in [3.8, 4) is 0 Å². The zero-order chi connectivity index (χ0) is 8.48. The van der Waals surface area contributed by atoms with Crippen molar-refractivity contribution in [1.82, 2.24) is 4.98 Å². The van der Waals surface area contributed by atoms with Crippen molar-refractivity contribution in [1.29, 1.82) is 0 Å². The molecule has 0 atom stereocenters. The van der Waals surface area contributed by atoms with Gasteiger partial charge in [-0.3, -0.25) is 4.98 Å². The van der Waals surface area contributed by atoms with Gasteiger partial charge in [0.25, 0.3) is 0 Å². The van der Waals surface area contributed by atoms with E-state index in [1.165, 1.54) is 0 Å². The SMILES string of the molecule is Cc1cncc(P(C)(C)=O)c1.